The monoisotopic (exact) mass is 446 g/mol. The maximum absolute atomic E-state index is 13.0. The van der Waals surface area contributed by atoms with Crippen LogP contribution in [-0.4, -0.2) is 31.4 Å². The Morgan fingerprint density at radius 1 is 1.12 bits per heavy atom. The molecular formula is C25H29F3N2O2. The van der Waals surface area contributed by atoms with Crippen molar-refractivity contribution in [3.05, 3.63) is 65.7 Å². The second kappa shape index (κ2) is 12.0. The highest BCUT2D eigenvalue weighted by Gasteiger charge is 2.36. The number of alkyl carbamates (subject to hydrolysis) is 1. The van der Waals surface area contributed by atoms with Crippen molar-refractivity contribution in [3.8, 4) is 11.8 Å². The molecule has 2 rings (SSSR count). The van der Waals surface area contributed by atoms with E-state index in [-0.39, 0.29) is 24.8 Å². The average molecular weight is 447 g/mol. The van der Waals surface area contributed by atoms with E-state index in [2.05, 4.69) is 17.2 Å². The summed E-state index contributed by atoms with van der Waals surface area (Å²) in [6.07, 6.45) is -4.03. The zero-order valence-corrected chi connectivity index (χ0v) is 18.6. The molecular weight excluding hydrogens is 417 g/mol. The molecule has 0 radical (unpaired) electrons. The minimum Gasteiger partial charge on any atom is -0.445 e. The predicted octanol–water partition coefficient (Wildman–Crippen LogP) is 5.89. The van der Waals surface area contributed by atoms with Crippen LogP contribution in [0.25, 0.3) is 0 Å². The van der Waals surface area contributed by atoms with E-state index in [1.54, 1.807) is 19.1 Å². The first-order valence-electron chi connectivity index (χ1n) is 10.6. The molecule has 0 saturated carbocycles. The Bertz CT molecular complexity index is 903. The van der Waals surface area contributed by atoms with Gasteiger partial charge in [0.2, 0.25) is 0 Å². The maximum Gasteiger partial charge on any atom is 0.407 e. The second-order valence-corrected chi connectivity index (χ2v) is 7.40. The van der Waals surface area contributed by atoms with Crippen LogP contribution in [0.4, 0.5) is 23.7 Å². The molecule has 2 atom stereocenters. The van der Waals surface area contributed by atoms with Gasteiger partial charge in [0.05, 0.1) is 12.5 Å². The minimum absolute atomic E-state index is 0.161. The zero-order chi connectivity index (χ0) is 23.6. The molecule has 0 fully saturated rings. The number of rotatable bonds is 9. The Kier molecular flexibility index (Phi) is 9.45. The van der Waals surface area contributed by atoms with Crippen molar-refractivity contribution in [1.29, 1.82) is 0 Å². The second-order valence-electron chi connectivity index (χ2n) is 7.40. The first kappa shape index (κ1) is 25.1. The number of halogens is 3. The molecule has 0 aliphatic heterocycles. The number of anilines is 1. The van der Waals surface area contributed by atoms with Gasteiger partial charge < -0.3 is 15.0 Å². The molecule has 2 aromatic carbocycles. The van der Waals surface area contributed by atoms with Crippen LogP contribution >= 0.6 is 0 Å². The first-order valence-corrected chi connectivity index (χ1v) is 10.6. The van der Waals surface area contributed by atoms with Gasteiger partial charge in [0.25, 0.3) is 0 Å². The van der Waals surface area contributed by atoms with Gasteiger partial charge in [-0.1, -0.05) is 55.3 Å². The quantitative estimate of drug-likeness (QED) is 0.489. The molecule has 32 heavy (non-hydrogen) atoms. The number of carbonyl (C=O) groups is 1. The lowest BCUT2D eigenvalue weighted by Crippen LogP contribution is -2.44. The number of carbonyl (C=O) groups excluding carboxylic acids is 1. The van der Waals surface area contributed by atoms with E-state index in [4.69, 9.17) is 4.74 Å². The SMILES string of the molecule is CC#C[C@@H](CNC(=O)OCc1ccccc1)N(CCC)c1ccc(C(C)C(F)(F)F)cc1. The Morgan fingerprint density at radius 2 is 1.78 bits per heavy atom. The molecule has 0 heterocycles. The van der Waals surface area contributed by atoms with E-state index in [0.717, 1.165) is 24.6 Å². The van der Waals surface area contributed by atoms with Crippen molar-refractivity contribution in [2.24, 2.45) is 0 Å². The summed E-state index contributed by atoms with van der Waals surface area (Å²) >= 11 is 0. The van der Waals surface area contributed by atoms with Gasteiger partial charge in [-0.25, -0.2) is 4.79 Å². The van der Waals surface area contributed by atoms with E-state index >= 15 is 0 Å². The Balaban J connectivity index is 2.06. The topological polar surface area (TPSA) is 41.6 Å². The van der Waals surface area contributed by atoms with Crippen molar-refractivity contribution >= 4 is 11.8 Å². The van der Waals surface area contributed by atoms with Gasteiger partial charge in [-0.3, -0.25) is 0 Å². The normalized spacial score (nSPS) is 12.8. The summed E-state index contributed by atoms with van der Waals surface area (Å²) in [7, 11) is 0. The third-order valence-corrected chi connectivity index (χ3v) is 5.02. The molecule has 2 aromatic rings. The molecule has 1 amide bonds. The Labute approximate surface area is 187 Å². The van der Waals surface area contributed by atoms with Gasteiger partial charge in [0.1, 0.15) is 12.6 Å². The standard InChI is InChI=1S/C25H29F3N2O2/c1-4-9-23(17-29-24(31)32-18-20-10-7-6-8-11-20)30(16-5-2)22-14-12-21(13-15-22)19(3)25(26,27)28/h6-8,10-15,19,23H,5,16-18H2,1-3H3,(H,29,31)/t19?,23-/m0/s1. The smallest absolute Gasteiger partial charge is 0.407 e. The molecule has 172 valence electrons. The van der Waals surface area contributed by atoms with E-state index in [0.29, 0.717) is 6.54 Å². The van der Waals surface area contributed by atoms with E-state index in [1.165, 1.54) is 12.1 Å². The molecule has 4 nitrogen and oxygen atoms in total. The van der Waals surface area contributed by atoms with Crippen molar-refractivity contribution in [2.45, 2.75) is 51.9 Å². The number of nitrogens with zero attached hydrogens (tertiary/aromatic N) is 1. The lowest BCUT2D eigenvalue weighted by atomic mass is 10.00. The maximum atomic E-state index is 13.0. The van der Waals surface area contributed by atoms with Gasteiger partial charge in [-0.05, 0) is 43.5 Å². The highest BCUT2D eigenvalue weighted by Crippen LogP contribution is 2.35. The van der Waals surface area contributed by atoms with E-state index in [1.807, 2.05) is 42.2 Å². The average Bonchev–Trinajstić information content (AvgIpc) is 2.79. The number of benzene rings is 2. The largest absolute Gasteiger partial charge is 0.445 e. The predicted molar refractivity (Wildman–Crippen MR) is 120 cm³/mol. The van der Waals surface area contributed by atoms with Crippen LogP contribution in [0.15, 0.2) is 54.6 Å². The van der Waals surface area contributed by atoms with Gasteiger partial charge in [-0.2, -0.15) is 13.2 Å². The highest BCUT2D eigenvalue weighted by molar-refractivity contribution is 5.67. The molecule has 0 saturated heterocycles. The molecule has 0 aromatic heterocycles. The molecule has 1 N–H and O–H groups in total. The number of ether oxygens (including phenoxy) is 1. The number of nitrogens with one attached hydrogen (secondary N) is 1. The first-order chi connectivity index (χ1) is 15.3. The van der Waals surface area contributed by atoms with Crippen LogP contribution in [0, 0.1) is 11.8 Å². The third-order valence-electron chi connectivity index (χ3n) is 5.02. The van der Waals surface area contributed by atoms with Crippen molar-refractivity contribution in [1.82, 2.24) is 5.32 Å². The van der Waals surface area contributed by atoms with Crippen molar-refractivity contribution in [3.63, 3.8) is 0 Å². The number of amides is 1. The lowest BCUT2D eigenvalue weighted by molar-refractivity contribution is -0.146. The van der Waals surface area contributed by atoms with Gasteiger partial charge in [-0.15, -0.1) is 5.92 Å². The Hall–Kier alpha value is -3.14. The fourth-order valence-electron chi connectivity index (χ4n) is 3.21. The van der Waals surface area contributed by atoms with E-state index in [9.17, 15) is 18.0 Å². The third kappa shape index (κ3) is 7.52. The molecule has 1 unspecified atom stereocenters. The van der Waals surface area contributed by atoms with Gasteiger partial charge >= 0.3 is 12.3 Å². The molecule has 0 bridgehead atoms. The number of alkyl halides is 3. The molecule has 0 spiro atoms. The van der Waals surface area contributed by atoms with Crippen LogP contribution in [0.2, 0.25) is 0 Å². The van der Waals surface area contributed by atoms with Crippen LogP contribution in [0.3, 0.4) is 0 Å². The summed E-state index contributed by atoms with van der Waals surface area (Å²) in [5.74, 6) is 4.42. The summed E-state index contributed by atoms with van der Waals surface area (Å²) < 4.78 is 44.3. The van der Waals surface area contributed by atoms with Crippen LogP contribution in [0.1, 0.15) is 44.2 Å². The summed E-state index contributed by atoms with van der Waals surface area (Å²) in [6, 6.07) is 15.3. The van der Waals surface area contributed by atoms with Crippen LogP contribution in [0.5, 0.6) is 0 Å². The molecule has 0 aliphatic carbocycles. The number of hydrogen-bond donors (Lipinski definition) is 1. The highest BCUT2D eigenvalue weighted by atomic mass is 19.4. The van der Waals surface area contributed by atoms with Crippen LogP contribution < -0.4 is 10.2 Å². The fraction of sp³-hybridized carbons (Fsp3) is 0.400. The summed E-state index contributed by atoms with van der Waals surface area (Å²) in [5, 5.41) is 2.74. The van der Waals surface area contributed by atoms with E-state index < -0.39 is 18.2 Å². The summed E-state index contributed by atoms with van der Waals surface area (Å²) in [6.45, 7) is 5.87. The fourth-order valence-corrected chi connectivity index (χ4v) is 3.21. The molecule has 0 aliphatic rings. The summed E-state index contributed by atoms with van der Waals surface area (Å²) in [5.41, 5.74) is 1.84. The van der Waals surface area contributed by atoms with Gasteiger partial charge in [0.15, 0.2) is 0 Å². The minimum atomic E-state index is -4.29. The lowest BCUT2D eigenvalue weighted by Gasteiger charge is -2.31. The zero-order valence-electron chi connectivity index (χ0n) is 18.6. The summed E-state index contributed by atoms with van der Waals surface area (Å²) in [4.78, 5) is 14.1. The van der Waals surface area contributed by atoms with Crippen molar-refractivity contribution < 1.29 is 22.7 Å². The van der Waals surface area contributed by atoms with Gasteiger partial charge in [0, 0.05) is 12.2 Å². The number of hydrogen-bond acceptors (Lipinski definition) is 3. The molecule has 7 heteroatoms. The van der Waals surface area contributed by atoms with Crippen molar-refractivity contribution in [2.75, 3.05) is 18.0 Å². The Morgan fingerprint density at radius 3 is 2.34 bits per heavy atom. The van der Waals surface area contributed by atoms with Crippen LogP contribution in [-0.2, 0) is 11.3 Å².